The summed E-state index contributed by atoms with van der Waals surface area (Å²) < 4.78 is 0. The van der Waals surface area contributed by atoms with E-state index in [0.717, 1.165) is 5.69 Å². The molecule has 0 saturated heterocycles. The first-order valence-corrected chi connectivity index (χ1v) is 7.01. The summed E-state index contributed by atoms with van der Waals surface area (Å²) in [6, 6.07) is 19.4. The monoisotopic (exact) mass is 259 g/mol. The van der Waals surface area contributed by atoms with Crippen molar-refractivity contribution >= 4 is 16.5 Å². The minimum atomic E-state index is 0.0432. The zero-order valence-electron chi connectivity index (χ0n) is 11.8. The van der Waals surface area contributed by atoms with Crippen LogP contribution in [0.25, 0.3) is 21.9 Å². The second-order valence-electron chi connectivity index (χ2n) is 6.14. The predicted molar refractivity (Wildman–Crippen MR) is 85.9 cm³/mol. The van der Waals surface area contributed by atoms with E-state index in [-0.39, 0.29) is 5.41 Å². The molecule has 4 rings (SSSR count). The molecule has 0 spiro atoms. The molecule has 0 fully saturated rings. The number of fused-ring (bicyclic) bond motifs is 5. The Morgan fingerprint density at radius 1 is 0.850 bits per heavy atom. The van der Waals surface area contributed by atoms with E-state index in [1.165, 1.54) is 33.0 Å². The first-order chi connectivity index (χ1) is 9.59. The summed E-state index contributed by atoms with van der Waals surface area (Å²) in [7, 11) is 0. The SMILES string of the molecule is CC1(C)c2ccccc2-c2ccc3cc(N)ccc3c21. The van der Waals surface area contributed by atoms with Gasteiger partial charge < -0.3 is 5.73 Å². The Labute approximate surface area is 119 Å². The summed E-state index contributed by atoms with van der Waals surface area (Å²) in [5.74, 6) is 0. The molecular weight excluding hydrogens is 242 g/mol. The van der Waals surface area contributed by atoms with E-state index in [4.69, 9.17) is 5.73 Å². The number of rotatable bonds is 0. The second kappa shape index (κ2) is 3.63. The van der Waals surface area contributed by atoms with E-state index in [2.05, 4.69) is 62.4 Å². The second-order valence-corrected chi connectivity index (χ2v) is 6.14. The lowest BCUT2D eigenvalue weighted by Crippen LogP contribution is -2.15. The fraction of sp³-hybridized carbons (Fsp3) is 0.158. The third-order valence-electron chi connectivity index (χ3n) is 4.56. The van der Waals surface area contributed by atoms with E-state index >= 15 is 0 Å². The highest BCUT2D eigenvalue weighted by Gasteiger charge is 2.36. The largest absolute Gasteiger partial charge is 0.399 e. The molecule has 0 heterocycles. The molecule has 3 aromatic rings. The summed E-state index contributed by atoms with van der Waals surface area (Å²) in [5.41, 5.74) is 12.4. The van der Waals surface area contributed by atoms with Crippen LogP contribution < -0.4 is 5.73 Å². The Morgan fingerprint density at radius 3 is 2.50 bits per heavy atom. The van der Waals surface area contributed by atoms with Crippen LogP contribution in [0.3, 0.4) is 0 Å². The summed E-state index contributed by atoms with van der Waals surface area (Å²) in [4.78, 5) is 0. The van der Waals surface area contributed by atoms with Crippen LogP contribution in [0.5, 0.6) is 0 Å². The van der Waals surface area contributed by atoms with Crippen LogP contribution in [0.15, 0.2) is 54.6 Å². The highest BCUT2D eigenvalue weighted by molar-refractivity contribution is 5.98. The van der Waals surface area contributed by atoms with E-state index in [9.17, 15) is 0 Å². The Balaban J connectivity index is 2.17. The number of nitrogens with two attached hydrogens (primary N) is 1. The third-order valence-corrected chi connectivity index (χ3v) is 4.56. The average Bonchev–Trinajstić information content (AvgIpc) is 2.68. The zero-order valence-corrected chi connectivity index (χ0v) is 11.8. The summed E-state index contributed by atoms with van der Waals surface area (Å²) in [6.45, 7) is 4.63. The van der Waals surface area contributed by atoms with Crippen LogP contribution in [-0.4, -0.2) is 0 Å². The summed E-state index contributed by atoms with van der Waals surface area (Å²) in [5, 5.41) is 2.54. The van der Waals surface area contributed by atoms with E-state index in [1.54, 1.807) is 0 Å². The van der Waals surface area contributed by atoms with Gasteiger partial charge in [-0.05, 0) is 45.2 Å². The predicted octanol–water partition coefficient (Wildman–Crippen LogP) is 4.73. The maximum atomic E-state index is 5.92. The molecule has 0 unspecified atom stereocenters. The molecule has 0 aromatic heterocycles. The number of hydrogen-bond acceptors (Lipinski definition) is 1. The van der Waals surface area contributed by atoms with Gasteiger partial charge in [-0.1, -0.05) is 56.3 Å². The van der Waals surface area contributed by atoms with Crippen LogP contribution in [0.2, 0.25) is 0 Å². The van der Waals surface area contributed by atoms with Crippen LogP contribution in [0, 0.1) is 0 Å². The minimum Gasteiger partial charge on any atom is -0.399 e. The van der Waals surface area contributed by atoms with Gasteiger partial charge in [-0.2, -0.15) is 0 Å². The lowest BCUT2D eigenvalue weighted by Gasteiger charge is -2.23. The molecule has 20 heavy (non-hydrogen) atoms. The van der Waals surface area contributed by atoms with Crippen molar-refractivity contribution in [2.75, 3.05) is 5.73 Å². The standard InChI is InChI=1S/C19H17N/c1-19(2)17-6-4-3-5-15(17)16-9-7-12-11-13(20)8-10-14(12)18(16)19/h3-11H,20H2,1-2H3. The smallest absolute Gasteiger partial charge is 0.0320 e. The summed E-state index contributed by atoms with van der Waals surface area (Å²) in [6.07, 6.45) is 0. The minimum absolute atomic E-state index is 0.0432. The molecule has 1 aliphatic rings. The molecule has 0 radical (unpaired) electrons. The van der Waals surface area contributed by atoms with Crippen molar-refractivity contribution in [3.8, 4) is 11.1 Å². The number of hydrogen-bond donors (Lipinski definition) is 1. The maximum absolute atomic E-state index is 5.92. The Bertz CT molecular complexity index is 844. The van der Waals surface area contributed by atoms with Gasteiger partial charge in [0.1, 0.15) is 0 Å². The molecule has 98 valence electrons. The van der Waals surface area contributed by atoms with Crippen LogP contribution in [-0.2, 0) is 5.41 Å². The zero-order chi connectivity index (χ0) is 13.9. The molecule has 1 heteroatoms. The van der Waals surface area contributed by atoms with Crippen molar-refractivity contribution in [3.63, 3.8) is 0 Å². The van der Waals surface area contributed by atoms with Gasteiger partial charge in [0.2, 0.25) is 0 Å². The van der Waals surface area contributed by atoms with Crippen molar-refractivity contribution in [1.82, 2.24) is 0 Å². The maximum Gasteiger partial charge on any atom is 0.0320 e. The van der Waals surface area contributed by atoms with Crippen molar-refractivity contribution in [3.05, 3.63) is 65.7 Å². The molecule has 0 amide bonds. The van der Waals surface area contributed by atoms with E-state index < -0.39 is 0 Å². The molecule has 3 aromatic carbocycles. The lowest BCUT2D eigenvalue weighted by atomic mass is 9.80. The van der Waals surface area contributed by atoms with Crippen molar-refractivity contribution in [2.24, 2.45) is 0 Å². The first-order valence-electron chi connectivity index (χ1n) is 7.01. The first kappa shape index (κ1) is 11.5. The molecule has 0 atom stereocenters. The molecular formula is C19H17N. The molecule has 1 nitrogen and oxygen atoms in total. The fourth-order valence-electron chi connectivity index (χ4n) is 3.64. The van der Waals surface area contributed by atoms with E-state index in [0.29, 0.717) is 0 Å². The van der Waals surface area contributed by atoms with Crippen molar-refractivity contribution in [2.45, 2.75) is 19.3 Å². The lowest BCUT2D eigenvalue weighted by molar-refractivity contribution is 0.666. The topological polar surface area (TPSA) is 26.0 Å². The van der Waals surface area contributed by atoms with Gasteiger partial charge >= 0.3 is 0 Å². The number of anilines is 1. The Morgan fingerprint density at radius 2 is 1.65 bits per heavy atom. The Kier molecular flexibility index (Phi) is 2.10. The average molecular weight is 259 g/mol. The van der Waals surface area contributed by atoms with Crippen molar-refractivity contribution in [1.29, 1.82) is 0 Å². The van der Waals surface area contributed by atoms with Gasteiger partial charge in [0, 0.05) is 11.1 Å². The number of nitrogen functional groups attached to an aromatic ring is 1. The van der Waals surface area contributed by atoms with E-state index in [1.807, 2.05) is 6.07 Å². The van der Waals surface area contributed by atoms with Gasteiger partial charge in [-0.25, -0.2) is 0 Å². The van der Waals surface area contributed by atoms with Gasteiger partial charge in [0.25, 0.3) is 0 Å². The van der Waals surface area contributed by atoms with Gasteiger partial charge in [-0.3, -0.25) is 0 Å². The molecule has 1 aliphatic carbocycles. The molecule has 2 N–H and O–H groups in total. The highest BCUT2D eigenvalue weighted by Crippen LogP contribution is 2.51. The van der Waals surface area contributed by atoms with Gasteiger partial charge in [0.05, 0.1) is 0 Å². The highest BCUT2D eigenvalue weighted by atomic mass is 14.5. The van der Waals surface area contributed by atoms with Gasteiger partial charge in [-0.15, -0.1) is 0 Å². The van der Waals surface area contributed by atoms with Gasteiger partial charge in [0.15, 0.2) is 0 Å². The molecule has 0 bridgehead atoms. The normalized spacial score (nSPS) is 15.1. The van der Waals surface area contributed by atoms with Crippen LogP contribution in [0.1, 0.15) is 25.0 Å². The molecule has 0 saturated carbocycles. The quantitative estimate of drug-likeness (QED) is 0.580. The summed E-state index contributed by atoms with van der Waals surface area (Å²) >= 11 is 0. The van der Waals surface area contributed by atoms with Crippen LogP contribution >= 0.6 is 0 Å². The van der Waals surface area contributed by atoms with Crippen LogP contribution in [0.4, 0.5) is 5.69 Å². The Hall–Kier alpha value is -2.28. The molecule has 0 aliphatic heterocycles. The number of benzene rings is 3. The van der Waals surface area contributed by atoms with Crippen molar-refractivity contribution < 1.29 is 0 Å². The fourth-order valence-corrected chi connectivity index (χ4v) is 3.64. The third kappa shape index (κ3) is 1.32.